The third-order valence-electron chi connectivity index (χ3n) is 6.07. The van der Waals surface area contributed by atoms with Gasteiger partial charge in [0.05, 0.1) is 19.2 Å². The van der Waals surface area contributed by atoms with Crippen molar-refractivity contribution in [1.82, 2.24) is 20.4 Å². The van der Waals surface area contributed by atoms with E-state index in [1.54, 1.807) is 0 Å². The van der Waals surface area contributed by atoms with Gasteiger partial charge in [0.15, 0.2) is 5.96 Å². The Morgan fingerprint density at radius 2 is 1.62 bits per heavy atom. The summed E-state index contributed by atoms with van der Waals surface area (Å²) >= 11 is 0. The van der Waals surface area contributed by atoms with E-state index in [2.05, 4.69) is 39.8 Å². The van der Waals surface area contributed by atoms with Gasteiger partial charge in [-0.15, -0.1) is 24.0 Å². The van der Waals surface area contributed by atoms with Crippen LogP contribution in [-0.4, -0.2) is 78.7 Å². The van der Waals surface area contributed by atoms with Crippen LogP contribution in [0, 0.1) is 0 Å². The maximum absolute atomic E-state index is 12.5. The smallest absolute Gasteiger partial charge is 0.251 e. The summed E-state index contributed by atoms with van der Waals surface area (Å²) in [4.78, 5) is 8.94. The van der Waals surface area contributed by atoms with Crippen LogP contribution in [0.1, 0.15) is 43.7 Å². The topological polar surface area (TPSA) is 63.1 Å². The number of piperidine rings is 2. The molecule has 0 radical (unpaired) electrons. The molecule has 0 aromatic heterocycles. The fourth-order valence-electron chi connectivity index (χ4n) is 4.22. The Balaban J connectivity index is 0.00000363. The number of halogens is 3. The van der Waals surface area contributed by atoms with Crippen LogP contribution >= 0.6 is 24.0 Å². The molecule has 0 aliphatic carbocycles. The molecule has 0 unspecified atom stereocenters. The number of nitrogens with one attached hydrogen (secondary N) is 2. The van der Waals surface area contributed by atoms with Gasteiger partial charge in [-0.05, 0) is 43.7 Å². The molecule has 1 aromatic carbocycles. The molecule has 9 heteroatoms. The van der Waals surface area contributed by atoms with Crippen molar-refractivity contribution in [2.24, 2.45) is 4.99 Å². The molecule has 32 heavy (non-hydrogen) atoms. The summed E-state index contributed by atoms with van der Waals surface area (Å²) < 4.78 is 25.1. The highest BCUT2D eigenvalue weighted by Gasteiger charge is 2.22. The van der Waals surface area contributed by atoms with Gasteiger partial charge in [0, 0.05) is 45.3 Å². The average molecular weight is 565 g/mol. The summed E-state index contributed by atoms with van der Waals surface area (Å²) in [5.74, 6) is 0.783. The van der Waals surface area contributed by atoms with Crippen LogP contribution in [-0.2, 0) is 13.1 Å². The number of hydrogen-bond donors (Lipinski definition) is 3. The predicted octanol–water partition coefficient (Wildman–Crippen LogP) is 3.05. The molecule has 3 N–H and O–H groups in total. The molecule has 0 saturated carbocycles. The summed E-state index contributed by atoms with van der Waals surface area (Å²) in [7, 11) is 0. The van der Waals surface area contributed by atoms with E-state index in [-0.39, 0.29) is 42.7 Å². The Bertz CT molecular complexity index is 675. The number of benzene rings is 1. The van der Waals surface area contributed by atoms with Gasteiger partial charge >= 0.3 is 0 Å². The van der Waals surface area contributed by atoms with E-state index in [1.807, 2.05) is 11.8 Å². The molecule has 2 aliphatic heterocycles. The summed E-state index contributed by atoms with van der Waals surface area (Å²) in [5.41, 5.74) is 2.44. The van der Waals surface area contributed by atoms with Crippen molar-refractivity contribution in [3.8, 4) is 0 Å². The number of nitrogens with zero attached hydrogens (tertiary/aromatic N) is 3. The molecule has 2 fully saturated rings. The van der Waals surface area contributed by atoms with E-state index in [4.69, 9.17) is 4.99 Å². The lowest BCUT2D eigenvalue weighted by Gasteiger charge is -2.32. The minimum atomic E-state index is -2.26. The minimum absolute atomic E-state index is 0. The summed E-state index contributed by atoms with van der Waals surface area (Å²) in [6.07, 6.45) is 1.01. The number of aliphatic hydroxyl groups is 1. The van der Waals surface area contributed by atoms with Gasteiger partial charge in [-0.1, -0.05) is 24.3 Å². The largest absolute Gasteiger partial charge is 0.393 e. The van der Waals surface area contributed by atoms with E-state index >= 15 is 0 Å². The number of aliphatic hydroxyl groups excluding tert-OH is 1. The highest BCUT2D eigenvalue weighted by molar-refractivity contribution is 14.0. The number of likely N-dealkylation sites (tertiary alicyclic amines) is 2. The Morgan fingerprint density at radius 3 is 2.22 bits per heavy atom. The molecule has 2 saturated heterocycles. The molecule has 3 rings (SSSR count). The van der Waals surface area contributed by atoms with Crippen molar-refractivity contribution >= 4 is 29.9 Å². The number of rotatable bonds is 8. The summed E-state index contributed by atoms with van der Waals surface area (Å²) in [5, 5.41) is 16.4. The first-order valence-electron chi connectivity index (χ1n) is 11.6. The number of aliphatic imine (C=N–C) groups is 1. The second-order valence-electron chi connectivity index (χ2n) is 8.63. The summed E-state index contributed by atoms with van der Waals surface area (Å²) in [6, 6.07) is 8.84. The van der Waals surface area contributed by atoms with Crippen LogP contribution in [0.5, 0.6) is 0 Å². The van der Waals surface area contributed by atoms with Gasteiger partial charge in [0.25, 0.3) is 6.43 Å². The fraction of sp³-hybridized carbons (Fsp3) is 0.696. The zero-order valence-electron chi connectivity index (χ0n) is 19.0. The van der Waals surface area contributed by atoms with Crippen molar-refractivity contribution in [1.29, 1.82) is 0 Å². The van der Waals surface area contributed by atoms with Gasteiger partial charge in [0.1, 0.15) is 0 Å². The highest BCUT2D eigenvalue weighted by atomic mass is 127. The van der Waals surface area contributed by atoms with E-state index in [9.17, 15) is 13.9 Å². The molecule has 0 bridgehead atoms. The molecule has 6 nitrogen and oxygen atoms in total. The van der Waals surface area contributed by atoms with Crippen LogP contribution < -0.4 is 10.6 Å². The minimum Gasteiger partial charge on any atom is -0.393 e. The third-order valence-corrected chi connectivity index (χ3v) is 6.07. The van der Waals surface area contributed by atoms with Gasteiger partial charge in [-0.3, -0.25) is 9.80 Å². The quantitative estimate of drug-likeness (QED) is 0.257. The lowest BCUT2D eigenvalue weighted by atomic mass is 10.1. The first-order chi connectivity index (χ1) is 15.0. The van der Waals surface area contributed by atoms with Crippen LogP contribution in [0.25, 0.3) is 0 Å². The van der Waals surface area contributed by atoms with Gasteiger partial charge in [-0.2, -0.15) is 0 Å². The first-order valence-corrected chi connectivity index (χ1v) is 11.6. The van der Waals surface area contributed by atoms with Gasteiger partial charge in [0.2, 0.25) is 0 Å². The van der Waals surface area contributed by atoms with Crippen molar-refractivity contribution in [2.45, 2.75) is 64.3 Å². The van der Waals surface area contributed by atoms with Crippen LogP contribution in [0.3, 0.4) is 0 Å². The Labute approximate surface area is 207 Å². The predicted molar refractivity (Wildman–Crippen MR) is 136 cm³/mol. The highest BCUT2D eigenvalue weighted by Crippen LogP contribution is 2.15. The van der Waals surface area contributed by atoms with Crippen molar-refractivity contribution in [3.63, 3.8) is 0 Å². The van der Waals surface area contributed by atoms with Crippen molar-refractivity contribution in [2.75, 3.05) is 39.3 Å². The van der Waals surface area contributed by atoms with Crippen LogP contribution in [0.2, 0.25) is 0 Å². The van der Waals surface area contributed by atoms with Crippen LogP contribution in [0.15, 0.2) is 29.3 Å². The summed E-state index contributed by atoms with van der Waals surface area (Å²) in [6.45, 7) is 7.49. The molecule has 182 valence electrons. The van der Waals surface area contributed by atoms with E-state index in [0.29, 0.717) is 19.6 Å². The molecule has 2 aliphatic rings. The molecule has 2 heterocycles. The third kappa shape index (κ3) is 9.44. The standard InChI is InChI=1S/C23H37F2N5O.HI/c1-2-26-23(28-20-7-11-30(12-8-20)17-22(24)25)27-15-18-3-5-19(6-4-18)16-29-13-9-21(31)10-14-29;/h3-6,20-22,31H,2,7-17H2,1H3,(H2,26,27,28);1H. The van der Waals surface area contributed by atoms with E-state index < -0.39 is 6.43 Å². The first kappa shape index (κ1) is 27.2. The lowest BCUT2D eigenvalue weighted by Crippen LogP contribution is -2.49. The zero-order chi connectivity index (χ0) is 22.1. The maximum atomic E-state index is 12.5. The number of hydrogen-bond acceptors (Lipinski definition) is 4. The second kappa shape index (κ2) is 14.3. The van der Waals surface area contributed by atoms with Gasteiger partial charge < -0.3 is 15.7 Å². The molecule has 0 amide bonds. The molecule has 0 spiro atoms. The van der Waals surface area contributed by atoms with Gasteiger partial charge in [-0.25, -0.2) is 13.8 Å². The number of alkyl halides is 2. The van der Waals surface area contributed by atoms with Crippen LogP contribution in [0.4, 0.5) is 8.78 Å². The normalized spacial score (nSPS) is 19.7. The number of guanidine groups is 1. The monoisotopic (exact) mass is 565 g/mol. The van der Waals surface area contributed by atoms with E-state index in [0.717, 1.165) is 63.4 Å². The average Bonchev–Trinajstić information content (AvgIpc) is 2.76. The van der Waals surface area contributed by atoms with Crippen molar-refractivity contribution in [3.05, 3.63) is 35.4 Å². The second-order valence-corrected chi connectivity index (χ2v) is 8.63. The fourth-order valence-corrected chi connectivity index (χ4v) is 4.22. The molecule has 1 aromatic rings. The zero-order valence-corrected chi connectivity index (χ0v) is 21.3. The SMILES string of the molecule is CCNC(=NCc1ccc(CN2CCC(O)CC2)cc1)NC1CCN(CC(F)F)CC1.I. The van der Waals surface area contributed by atoms with E-state index in [1.165, 1.54) is 5.56 Å². The maximum Gasteiger partial charge on any atom is 0.251 e. The Kier molecular flexibility index (Phi) is 12.1. The van der Waals surface area contributed by atoms with Crippen molar-refractivity contribution < 1.29 is 13.9 Å². The molecular formula is C23H38F2IN5O. The molecule has 0 atom stereocenters. The Morgan fingerprint density at radius 1 is 1.03 bits per heavy atom. The lowest BCUT2D eigenvalue weighted by molar-refractivity contribution is 0.0744. The molecular weight excluding hydrogens is 527 g/mol. The Hall–Kier alpha value is -1.04.